The SMILES string of the molecule is BC(Nc1cc(C#N)c2ncc(C#N)c(N[C@H](CC)c3ccccc3)c2c1)(c1ccc(F)nc1)c1cn(CSI)nn1. The predicted octanol–water partition coefficient (Wildman–Crippen LogP) is 5.65. The molecule has 0 fully saturated rings. The number of hydrogen-bond acceptors (Lipinski definition) is 9. The molecule has 0 spiro atoms. The molecule has 2 atom stereocenters. The lowest BCUT2D eigenvalue weighted by atomic mass is 9.70. The Labute approximate surface area is 259 Å². The minimum Gasteiger partial charge on any atom is -0.377 e. The van der Waals surface area contributed by atoms with Gasteiger partial charge in [-0.05, 0) is 57.0 Å². The first-order chi connectivity index (χ1) is 20.4. The van der Waals surface area contributed by atoms with Gasteiger partial charge in [-0.3, -0.25) is 4.98 Å². The summed E-state index contributed by atoms with van der Waals surface area (Å²) in [4.78, 5) is 8.35. The van der Waals surface area contributed by atoms with Gasteiger partial charge in [0.15, 0.2) is 0 Å². The van der Waals surface area contributed by atoms with E-state index < -0.39 is 11.4 Å². The number of aromatic nitrogens is 5. The maximum Gasteiger partial charge on any atom is 0.212 e. The number of nitrogens with zero attached hydrogens (tertiary/aromatic N) is 7. The summed E-state index contributed by atoms with van der Waals surface area (Å²) in [6.07, 6.45) is 5.54. The number of benzene rings is 2. The number of rotatable bonds is 10. The fraction of sp³-hybridized carbons (Fsp3) is 0.172. The summed E-state index contributed by atoms with van der Waals surface area (Å²) in [6.45, 7) is 2.07. The van der Waals surface area contributed by atoms with E-state index in [9.17, 15) is 14.9 Å². The second kappa shape index (κ2) is 12.8. The second-order valence-electron chi connectivity index (χ2n) is 9.71. The number of fused-ring (bicyclic) bond motifs is 1. The lowest BCUT2D eigenvalue weighted by molar-refractivity contribution is 0.580. The molecule has 13 heteroatoms. The Morgan fingerprint density at radius 3 is 2.55 bits per heavy atom. The molecular weight excluding hydrogens is 663 g/mol. The van der Waals surface area contributed by atoms with Crippen LogP contribution in [0, 0.1) is 28.6 Å². The number of halogens is 2. The molecule has 5 aromatic rings. The molecule has 0 amide bonds. The molecule has 1 unspecified atom stereocenters. The Morgan fingerprint density at radius 1 is 1.10 bits per heavy atom. The number of hydrogen-bond donors (Lipinski definition) is 2. The van der Waals surface area contributed by atoms with E-state index in [-0.39, 0.29) is 6.04 Å². The fourth-order valence-corrected chi connectivity index (χ4v) is 5.95. The monoisotopic (exact) mass is 687 g/mol. The quantitative estimate of drug-likeness (QED) is 0.109. The van der Waals surface area contributed by atoms with Gasteiger partial charge in [0.1, 0.15) is 25.7 Å². The molecule has 0 radical (unpaired) electrons. The van der Waals surface area contributed by atoms with E-state index in [0.29, 0.717) is 50.5 Å². The van der Waals surface area contributed by atoms with Gasteiger partial charge >= 0.3 is 0 Å². The Kier molecular flexibility index (Phi) is 8.90. The number of anilines is 2. The zero-order valence-corrected chi connectivity index (χ0v) is 25.7. The summed E-state index contributed by atoms with van der Waals surface area (Å²) in [6, 6.07) is 20.9. The van der Waals surface area contributed by atoms with Crippen molar-refractivity contribution < 1.29 is 4.39 Å². The molecule has 2 aromatic carbocycles. The molecule has 0 bridgehead atoms. The minimum absolute atomic E-state index is 0.0765. The zero-order valence-electron chi connectivity index (χ0n) is 22.7. The predicted molar refractivity (Wildman–Crippen MR) is 173 cm³/mol. The first kappa shape index (κ1) is 29.3. The van der Waals surface area contributed by atoms with E-state index in [0.717, 1.165) is 12.0 Å². The Balaban J connectivity index is 1.66. The van der Waals surface area contributed by atoms with E-state index >= 15 is 0 Å². The molecule has 0 saturated heterocycles. The van der Waals surface area contributed by atoms with Crippen molar-refractivity contribution in [2.45, 2.75) is 30.7 Å². The molecule has 5 rings (SSSR count). The van der Waals surface area contributed by atoms with Gasteiger partial charge in [0.25, 0.3) is 0 Å². The molecule has 0 aliphatic heterocycles. The molecule has 0 aliphatic rings. The molecule has 2 N–H and O–H groups in total. The zero-order chi connectivity index (χ0) is 29.7. The van der Waals surface area contributed by atoms with Crippen molar-refractivity contribution in [3.05, 3.63) is 107 Å². The van der Waals surface area contributed by atoms with E-state index in [1.54, 1.807) is 25.7 Å². The van der Waals surface area contributed by atoms with Crippen LogP contribution in [0.4, 0.5) is 15.8 Å². The van der Waals surface area contributed by atoms with Crippen LogP contribution in [0.5, 0.6) is 0 Å². The van der Waals surface area contributed by atoms with Gasteiger partial charge in [-0.15, -0.1) is 5.10 Å². The minimum atomic E-state index is -1.00. The van der Waals surface area contributed by atoms with E-state index in [4.69, 9.17) is 0 Å². The molecule has 9 nitrogen and oxygen atoms in total. The van der Waals surface area contributed by atoms with Gasteiger partial charge < -0.3 is 10.6 Å². The van der Waals surface area contributed by atoms with E-state index in [2.05, 4.69) is 71.2 Å². The van der Waals surface area contributed by atoms with Gasteiger partial charge in [-0.25, -0.2) is 9.67 Å². The first-order valence-corrected chi connectivity index (χ1v) is 16.6. The normalized spacial score (nSPS) is 13.1. The van der Waals surface area contributed by atoms with Gasteiger partial charge in [0.2, 0.25) is 5.95 Å². The van der Waals surface area contributed by atoms with Crippen molar-refractivity contribution >= 4 is 60.3 Å². The summed E-state index contributed by atoms with van der Waals surface area (Å²) in [5.74, 6) is -0.00409. The molecule has 0 saturated carbocycles. The van der Waals surface area contributed by atoms with E-state index in [1.807, 2.05) is 50.4 Å². The standard InChI is InChI=1S/C29H24BFIN9S/c1-2-24(18-6-4-3-5-7-18)37-28-20(13-34)14-36-27-19(12-33)10-22(11-23(27)28)38-29(30,21-8-9-26(31)35-15-21)25-16-41(17-42-32)40-39-25/h3-11,14-16,24,38H,2,17,30H2,1H3,(H,36,37)/t24-,29?/m1/s1. The highest BCUT2D eigenvalue weighted by molar-refractivity contribution is 14.2. The lowest BCUT2D eigenvalue weighted by Crippen LogP contribution is -2.38. The Morgan fingerprint density at radius 2 is 1.88 bits per heavy atom. The summed E-state index contributed by atoms with van der Waals surface area (Å²) < 4.78 is 15.5. The fourth-order valence-electron chi connectivity index (χ4n) is 4.87. The highest BCUT2D eigenvalue weighted by atomic mass is 127. The van der Waals surface area contributed by atoms with Crippen molar-refractivity contribution in [3.8, 4) is 12.1 Å². The highest BCUT2D eigenvalue weighted by Gasteiger charge is 2.33. The van der Waals surface area contributed by atoms with Crippen LogP contribution in [0.15, 0.2) is 73.2 Å². The molecule has 208 valence electrons. The van der Waals surface area contributed by atoms with Crippen molar-refractivity contribution in [1.29, 1.82) is 10.5 Å². The molecular formula is C29H24BFIN9S. The first-order valence-electron chi connectivity index (χ1n) is 13.0. The topological polar surface area (TPSA) is 128 Å². The smallest absolute Gasteiger partial charge is 0.212 e. The van der Waals surface area contributed by atoms with Crippen LogP contribution >= 0.6 is 30.1 Å². The average molecular weight is 687 g/mol. The average Bonchev–Trinajstić information content (AvgIpc) is 3.49. The summed E-state index contributed by atoms with van der Waals surface area (Å²) in [5.41, 5.74) is 3.65. The largest absolute Gasteiger partial charge is 0.377 e. The van der Waals surface area contributed by atoms with Gasteiger partial charge in [0.05, 0.1) is 45.9 Å². The third-order valence-corrected chi connectivity index (χ3v) is 8.27. The summed E-state index contributed by atoms with van der Waals surface area (Å²) in [7, 11) is 3.47. The van der Waals surface area contributed by atoms with Crippen LogP contribution < -0.4 is 10.6 Å². The lowest BCUT2D eigenvalue weighted by Gasteiger charge is -2.31. The third kappa shape index (κ3) is 5.89. The van der Waals surface area contributed by atoms with E-state index in [1.165, 1.54) is 18.5 Å². The maximum absolute atomic E-state index is 13.8. The van der Waals surface area contributed by atoms with Crippen LogP contribution in [0.1, 0.15) is 47.3 Å². The summed E-state index contributed by atoms with van der Waals surface area (Å²) in [5, 5.41) is 36.5. The van der Waals surface area contributed by atoms with Crippen molar-refractivity contribution in [3.63, 3.8) is 0 Å². The number of nitrogens with one attached hydrogen (secondary N) is 2. The van der Waals surface area contributed by atoms with Gasteiger partial charge in [-0.1, -0.05) is 57.5 Å². The molecule has 3 heterocycles. The van der Waals surface area contributed by atoms with Crippen molar-refractivity contribution in [2.75, 3.05) is 10.6 Å². The van der Waals surface area contributed by atoms with Crippen LogP contribution in [-0.4, -0.2) is 32.8 Å². The van der Waals surface area contributed by atoms with Crippen LogP contribution in [0.3, 0.4) is 0 Å². The second-order valence-corrected chi connectivity index (χ2v) is 12.1. The Bertz CT molecular complexity index is 1800. The Hall–Kier alpha value is -4.21. The third-order valence-electron chi connectivity index (χ3n) is 7.07. The number of nitriles is 2. The highest BCUT2D eigenvalue weighted by Crippen LogP contribution is 2.36. The maximum atomic E-state index is 13.8. The van der Waals surface area contributed by atoms with Crippen molar-refractivity contribution in [2.24, 2.45) is 0 Å². The molecule has 3 aromatic heterocycles. The van der Waals surface area contributed by atoms with Crippen LogP contribution in [-0.2, 0) is 11.3 Å². The van der Waals surface area contributed by atoms with Crippen LogP contribution in [0.25, 0.3) is 10.9 Å². The summed E-state index contributed by atoms with van der Waals surface area (Å²) >= 11 is 2.19. The number of pyridine rings is 2. The van der Waals surface area contributed by atoms with Gasteiger partial charge in [0, 0.05) is 23.5 Å². The molecule has 42 heavy (non-hydrogen) atoms. The van der Waals surface area contributed by atoms with Crippen molar-refractivity contribution in [1.82, 2.24) is 25.0 Å². The molecule has 0 aliphatic carbocycles. The van der Waals surface area contributed by atoms with Gasteiger partial charge in [-0.2, -0.15) is 14.9 Å². The van der Waals surface area contributed by atoms with Crippen LogP contribution in [0.2, 0.25) is 0 Å².